The van der Waals surface area contributed by atoms with Crippen LogP contribution in [0.25, 0.3) is 0 Å². The monoisotopic (exact) mass is 299 g/mol. The summed E-state index contributed by atoms with van der Waals surface area (Å²) in [7, 11) is 0. The standard InChI is InChI=1S/C14H25N3S2/c1-4-11-8-12(17(5-2)16-11)9-13(15)14-10(3)18-6-7-19-14/h8,10,13-14H,4-7,9,15H2,1-3H3. The highest BCUT2D eigenvalue weighted by atomic mass is 32.2. The topological polar surface area (TPSA) is 43.8 Å². The third-order valence-electron chi connectivity index (χ3n) is 3.68. The quantitative estimate of drug-likeness (QED) is 0.907. The van der Waals surface area contributed by atoms with Crippen LogP contribution in [0.5, 0.6) is 0 Å². The summed E-state index contributed by atoms with van der Waals surface area (Å²) >= 11 is 4.11. The molecule has 0 amide bonds. The molecule has 2 heterocycles. The van der Waals surface area contributed by atoms with E-state index in [0.717, 1.165) is 19.4 Å². The molecule has 3 atom stereocenters. The summed E-state index contributed by atoms with van der Waals surface area (Å²) in [5, 5.41) is 5.85. The Balaban J connectivity index is 2.04. The number of thioether (sulfide) groups is 2. The Labute approximate surface area is 125 Å². The van der Waals surface area contributed by atoms with Crippen LogP contribution in [0.2, 0.25) is 0 Å². The van der Waals surface area contributed by atoms with E-state index in [4.69, 9.17) is 5.73 Å². The van der Waals surface area contributed by atoms with Crippen molar-refractivity contribution in [3.63, 3.8) is 0 Å². The minimum atomic E-state index is 0.236. The third kappa shape index (κ3) is 3.70. The molecule has 0 saturated carbocycles. The van der Waals surface area contributed by atoms with E-state index in [2.05, 4.69) is 48.4 Å². The van der Waals surface area contributed by atoms with E-state index in [0.29, 0.717) is 10.5 Å². The number of hydrogen-bond acceptors (Lipinski definition) is 4. The maximum atomic E-state index is 6.47. The minimum absolute atomic E-state index is 0.236. The molecule has 5 heteroatoms. The lowest BCUT2D eigenvalue weighted by Gasteiger charge is -2.32. The van der Waals surface area contributed by atoms with E-state index < -0.39 is 0 Å². The van der Waals surface area contributed by atoms with E-state index in [1.54, 1.807) is 0 Å². The van der Waals surface area contributed by atoms with Crippen LogP contribution in [0.15, 0.2) is 6.07 Å². The third-order valence-corrected chi connectivity index (χ3v) is 6.95. The van der Waals surface area contributed by atoms with Crippen LogP contribution in [-0.2, 0) is 19.4 Å². The van der Waals surface area contributed by atoms with Crippen LogP contribution in [0.3, 0.4) is 0 Å². The average molecular weight is 300 g/mol. The number of rotatable bonds is 5. The highest BCUT2D eigenvalue weighted by Crippen LogP contribution is 2.33. The molecular formula is C14H25N3S2. The largest absolute Gasteiger partial charge is 0.326 e. The molecule has 1 aliphatic rings. The van der Waals surface area contributed by atoms with Crippen LogP contribution in [-0.4, -0.2) is 37.8 Å². The van der Waals surface area contributed by atoms with Crippen molar-refractivity contribution < 1.29 is 0 Å². The van der Waals surface area contributed by atoms with Crippen LogP contribution >= 0.6 is 23.5 Å². The first kappa shape index (κ1) is 15.3. The zero-order chi connectivity index (χ0) is 13.8. The normalized spacial score (nSPS) is 25.5. The predicted molar refractivity (Wildman–Crippen MR) is 87.1 cm³/mol. The highest BCUT2D eigenvalue weighted by Gasteiger charge is 2.28. The van der Waals surface area contributed by atoms with Gasteiger partial charge in [0, 0.05) is 46.7 Å². The number of aromatic nitrogens is 2. The number of nitrogens with two attached hydrogens (primary N) is 1. The summed E-state index contributed by atoms with van der Waals surface area (Å²) in [6.07, 6.45) is 1.95. The van der Waals surface area contributed by atoms with Crippen molar-refractivity contribution in [2.75, 3.05) is 11.5 Å². The first-order valence-electron chi connectivity index (χ1n) is 7.20. The Morgan fingerprint density at radius 2 is 2.16 bits per heavy atom. The van der Waals surface area contributed by atoms with E-state index in [-0.39, 0.29) is 6.04 Å². The Bertz CT molecular complexity index is 405. The lowest BCUT2D eigenvalue weighted by Crippen LogP contribution is -2.42. The SMILES string of the molecule is CCc1cc(CC(N)C2SCCSC2C)n(CC)n1. The van der Waals surface area contributed by atoms with Crippen molar-refractivity contribution in [1.29, 1.82) is 0 Å². The highest BCUT2D eigenvalue weighted by molar-refractivity contribution is 8.07. The molecule has 1 saturated heterocycles. The van der Waals surface area contributed by atoms with Gasteiger partial charge in [-0.25, -0.2) is 0 Å². The van der Waals surface area contributed by atoms with Crippen molar-refractivity contribution in [3.8, 4) is 0 Å². The minimum Gasteiger partial charge on any atom is -0.326 e. The number of nitrogens with zero attached hydrogens (tertiary/aromatic N) is 2. The molecule has 2 rings (SSSR count). The molecular weight excluding hydrogens is 274 g/mol. The van der Waals surface area contributed by atoms with Gasteiger partial charge in [0.25, 0.3) is 0 Å². The van der Waals surface area contributed by atoms with Crippen LogP contribution < -0.4 is 5.73 Å². The van der Waals surface area contributed by atoms with Gasteiger partial charge in [0.1, 0.15) is 0 Å². The van der Waals surface area contributed by atoms with Gasteiger partial charge in [0.05, 0.1) is 5.69 Å². The number of hydrogen-bond donors (Lipinski definition) is 1. The summed E-state index contributed by atoms with van der Waals surface area (Å²) in [5.74, 6) is 2.50. The van der Waals surface area contributed by atoms with Crippen molar-refractivity contribution >= 4 is 23.5 Å². The summed E-state index contributed by atoms with van der Waals surface area (Å²) in [6.45, 7) is 7.55. The van der Waals surface area contributed by atoms with Crippen molar-refractivity contribution in [2.24, 2.45) is 5.73 Å². The first-order chi connectivity index (χ1) is 9.15. The van der Waals surface area contributed by atoms with Crippen molar-refractivity contribution in [1.82, 2.24) is 9.78 Å². The molecule has 0 bridgehead atoms. The Kier molecular flexibility index (Phi) is 5.66. The van der Waals surface area contributed by atoms with Gasteiger partial charge >= 0.3 is 0 Å². The van der Waals surface area contributed by atoms with Crippen LogP contribution in [0.4, 0.5) is 0 Å². The van der Waals surface area contributed by atoms with Crippen molar-refractivity contribution in [3.05, 3.63) is 17.5 Å². The summed E-state index contributed by atoms with van der Waals surface area (Å²) in [6, 6.07) is 2.47. The van der Waals surface area contributed by atoms with E-state index >= 15 is 0 Å². The first-order valence-corrected chi connectivity index (χ1v) is 9.29. The second-order valence-corrected chi connectivity index (χ2v) is 7.85. The van der Waals surface area contributed by atoms with E-state index in [9.17, 15) is 0 Å². The molecule has 0 aromatic carbocycles. The molecule has 19 heavy (non-hydrogen) atoms. The predicted octanol–water partition coefficient (Wildman–Crippen LogP) is 2.57. The van der Waals surface area contributed by atoms with Gasteiger partial charge in [-0.05, 0) is 19.4 Å². The molecule has 3 unspecified atom stereocenters. The Morgan fingerprint density at radius 3 is 2.79 bits per heavy atom. The Morgan fingerprint density at radius 1 is 1.42 bits per heavy atom. The molecule has 108 valence electrons. The molecule has 1 fully saturated rings. The fourth-order valence-electron chi connectivity index (χ4n) is 2.60. The van der Waals surface area contributed by atoms with E-state index in [1.165, 1.54) is 22.9 Å². The van der Waals surface area contributed by atoms with Gasteiger partial charge in [-0.3, -0.25) is 4.68 Å². The maximum absolute atomic E-state index is 6.47. The van der Waals surface area contributed by atoms with Gasteiger partial charge in [-0.2, -0.15) is 28.6 Å². The van der Waals surface area contributed by atoms with Gasteiger partial charge in [-0.15, -0.1) is 0 Å². The molecule has 0 radical (unpaired) electrons. The zero-order valence-corrected chi connectivity index (χ0v) is 13.8. The maximum Gasteiger partial charge on any atom is 0.0624 e. The summed E-state index contributed by atoms with van der Waals surface area (Å²) < 4.78 is 2.12. The lowest BCUT2D eigenvalue weighted by molar-refractivity contribution is 0.559. The average Bonchev–Trinajstić information content (AvgIpc) is 2.81. The van der Waals surface area contributed by atoms with E-state index in [1.807, 2.05) is 11.8 Å². The van der Waals surface area contributed by atoms with Crippen LogP contribution in [0, 0.1) is 0 Å². The summed E-state index contributed by atoms with van der Waals surface area (Å²) in [4.78, 5) is 0. The fraction of sp³-hybridized carbons (Fsp3) is 0.786. The molecule has 3 nitrogen and oxygen atoms in total. The fourth-order valence-corrected chi connectivity index (χ4v) is 5.49. The molecule has 1 aromatic rings. The Hall–Kier alpha value is -0.130. The van der Waals surface area contributed by atoms with Gasteiger partial charge in [-0.1, -0.05) is 13.8 Å². The smallest absolute Gasteiger partial charge is 0.0624 e. The molecule has 0 aliphatic carbocycles. The second kappa shape index (κ2) is 7.04. The summed E-state index contributed by atoms with van der Waals surface area (Å²) in [5.41, 5.74) is 8.95. The molecule has 1 aliphatic heterocycles. The van der Waals surface area contributed by atoms with Gasteiger partial charge < -0.3 is 5.73 Å². The zero-order valence-electron chi connectivity index (χ0n) is 12.1. The second-order valence-electron chi connectivity index (χ2n) is 5.08. The van der Waals surface area contributed by atoms with Crippen LogP contribution in [0.1, 0.15) is 32.2 Å². The molecule has 2 N–H and O–H groups in total. The lowest BCUT2D eigenvalue weighted by atomic mass is 10.1. The molecule has 1 aromatic heterocycles. The molecule has 0 spiro atoms. The van der Waals surface area contributed by atoms with Gasteiger partial charge in [0.15, 0.2) is 0 Å². The van der Waals surface area contributed by atoms with Gasteiger partial charge in [0.2, 0.25) is 0 Å². The number of aryl methyl sites for hydroxylation is 2. The van der Waals surface area contributed by atoms with Crippen molar-refractivity contribution in [2.45, 2.75) is 56.7 Å².